The summed E-state index contributed by atoms with van der Waals surface area (Å²) >= 11 is 0. The molecule has 4 rings (SSSR count). The molecule has 2 amide bonds. The van der Waals surface area contributed by atoms with Crippen LogP contribution in [0, 0.1) is 6.92 Å². The molecule has 0 spiro atoms. The maximum absolute atomic E-state index is 12.6. The lowest BCUT2D eigenvalue weighted by Crippen LogP contribution is -2.23. The van der Waals surface area contributed by atoms with E-state index in [4.69, 9.17) is 0 Å². The van der Waals surface area contributed by atoms with E-state index in [-0.39, 0.29) is 18.2 Å². The Morgan fingerprint density at radius 2 is 1.70 bits per heavy atom. The summed E-state index contributed by atoms with van der Waals surface area (Å²) < 4.78 is 1.98. The van der Waals surface area contributed by atoms with Crippen LogP contribution in [0.1, 0.15) is 29.5 Å². The molecule has 1 saturated heterocycles. The van der Waals surface area contributed by atoms with Gasteiger partial charge in [-0.2, -0.15) is 4.99 Å². The van der Waals surface area contributed by atoms with Gasteiger partial charge < -0.3 is 9.47 Å². The first-order valence-electron chi connectivity index (χ1n) is 10.3. The maximum Gasteiger partial charge on any atom is 0.252 e. The number of hydrogen-bond acceptors (Lipinski definition) is 2. The molecule has 0 aliphatic carbocycles. The highest BCUT2D eigenvalue weighted by Gasteiger charge is 2.21. The highest BCUT2D eigenvalue weighted by Crippen LogP contribution is 2.21. The van der Waals surface area contributed by atoms with Crippen molar-refractivity contribution < 1.29 is 9.59 Å². The molecule has 0 unspecified atom stereocenters. The second kappa shape index (κ2) is 8.91. The van der Waals surface area contributed by atoms with Crippen LogP contribution >= 0.6 is 0 Å². The lowest BCUT2D eigenvalue weighted by atomic mass is 10.1. The van der Waals surface area contributed by atoms with Crippen molar-refractivity contribution in [2.24, 2.45) is 4.99 Å². The van der Waals surface area contributed by atoms with Crippen molar-refractivity contribution in [3.63, 3.8) is 0 Å². The van der Waals surface area contributed by atoms with Crippen LogP contribution < -0.4 is 10.4 Å². The molecule has 0 N–H and O–H groups in total. The minimum absolute atomic E-state index is 0.163. The van der Waals surface area contributed by atoms with Gasteiger partial charge >= 0.3 is 0 Å². The minimum atomic E-state index is -0.191. The smallest absolute Gasteiger partial charge is 0.252 e. The summed E-state index contributed by atoms with van der Waals surface area (Å²) in [6.45, 7) is 3.49. The van der Waals surface area contributed by atoms with Crippen LogP contribution in [-0.2, 0) is 22.6 Å². The van der Waals surface area contributed by atoms with Crippen molar-refractivity contribution in [2.45, 2.75) is 32.7 Å². The maximum atomic E-state index is 12.6. The molecule has 0 bridgehead atoms. The van der Waals surface area contributed by atoms with E-state index in [1.807, 2.05) is 53.2 Å². The number of benzene rings is 2. The van der Waals surface area contributed by atoms with Crippen molar-refractivity contribution >= 4 is 17.5 Å². The average Bonchev–Trinajstić information content (AvgIpc) is 3.17. The summed E-state index contributed by atoms with van der Waals surface area (Å²) in [6.07, 6.45) is 3.68. The van der Waals surface area contributed by atoms with E-state index in [9.17, 15) is 9.59 Å². The third-order valence-electron chi connectivity index (χ3n) is 5.31. The fourth-order valence-corrected chi connectivity index (χ4v) is 3.65. The first-order valence-corrected chi connectivity index (χ1v) is 10.3. The Hall–Kier alpha value is -3.47. The summed E-state index contributed by atoms with van der Waals surface area (Å²) in [4.78, 5) is 30.6. The number of rotatable bonds is 5. The molecule has 2 heterocycles. The predicted molar refractivity (Wildman–Crippen MR) is 117 cm³/mol. The fraction of sp³-hybridized carbons (Fsp3) is 0.240. The topological polar surface area (TPSA) is 54.7 Å². The Morgan fingerprint density at radius 1 is 0.967 bits per heavy atom. The SMILES string of the molecule is Cc1ccc(Cn2ccccc2=NC(=O)Cc2ccc(N3CCCC3=O)cc2)cc1. The Morgan fingerprint density at radius 3 is 2.40 bits per heavy atom. The normalized spacial score (nSPS) is 14.4. The molecule has 2 aromatic carbocycles. The molecule has 0 saturated carbocycles. The Labute approximate surface area is 176 Å². The average molecular weight is 399 g/mol. The molecule has 1 aromatic heterocycles. The standard InChI is InChI=1S/C25H25N3O2/c1-19-7-9-21(10-8-19)18-27-15-3-2-5-23(27)26-24(29)17-20-11-13-22(14-12-20)28-16-4-6-25(28)30/h2-3,5,7-15H,4,6,16-18H2,1H3. The molecule has 5 nitrogen and oxygen atoms in total. The molecule has 1 fully saturated rings. The van der Waals surface area contributed by atoms with E-state index < -0.39 is 0 Å². The van der Waals surface area contributed by atoms with E-state index >= 15 is 0 Å². The quantitative estimate of drug-likeness (QED) is 0.658. The van der Waals surface area contributed by atoms with Gasteiger partial charge in [0.15, 0.2) is 0 Å². The second-order valence-corrected chi connectivity index (χ2v) is 7.67. The molecule has 0 atom stereocenters. The fourth-order valence-electron chi connectivity index (χ4n) is 3.65. The number of pyridine rings is 1. The van der Waals surface area contributed by atoms with Crippen LogP contribution in [0.5, 0.6) is 0 Å². The van der Waals surface area contributed by atoms with Gasteiger partial charge in [0.05, 0.1) is 6.42 Å². The molecule has 1 aliphatic heterocycles. The summed E-state index contributed by atoms with van der Waals surface area (Å²) in [5.74, 6) is -0.0279. The summed E-state index contributed by atoms with van der Waals surface area (Å²) in [5.41, 5.74) is 4.80. The van der Waals surface area contributed by atoms with Gasteiger partial charge in [-0.05, 0) is 48.7 Å². The van der Waals surface area contributed by atoms with Crippen LogP contribution in [-0.4, -0.2) is 22.9 Å². The Bertz CT molecular complexity index is 1110. The molecule has 152 valence electrons. The lowest BCUT2D eigenvalue weighted by molar-refractivity contribution is -0.118. The number of anilines is 1. The minimum Gasteiger partial charge on any atom is -0.328 e. The molecule has 5 heteroatoms. The van der Waals surface area contributed by atoms with E-state index in [0.29, 0.717) is 18.5 Å². The number of nitrogens with zero attached hydrogens (tertiary/aromatic N) is 3. The van der Waals surface area contributed by atoms with E-state index in [1.54, 1.807) is 4.90 Å². The third-order valence-corrected chi connectivity index (χ3v) is 5.31. The largest absolute Gasteiger partial charge is 0.328 e. The van der Waals surface area contributed by atoms with Crippen molar-refractivity contribution in [3.8, 4) is 0 Å². The number of carbonyl (C=O) groups is 2. The molecular weight excluding hydrogens is 374 g/mol. The first-order chi connectivity index (χ1) is 14.6. The molecule has 30 heavy (non-hydrogen) atoms. The summed E-state index contributed by atoms with van der Waals surface area (Å²) in [6, 6.07) is 21.7. The molecule has 3 aromatic rings. The third kappa shape index (κ3) is 4.74. The Kier molecular flexibility index (Phi) is 5.89. The van der Waals surface area contributed by atoms with Gasteiger partial charge in [-0.3, -0.25) is 9.59 Å². The highest BCUT2D eigenvalue weighted by molar-refractivity contribution is 5.95. The highest BCUT2D eigenvalue weighted by atomic mass is 16.2. The monoisotopic (exact) mass is 399 g/mol. The van der Waals surface area contributed by atoms with Crippen LogP contribution in [0.4, 0.5) is 5.69 Å². The zero-order valence-electron chi connectivity index (χ0n) is 17.1. The van der Waals surface area contributed by atoms with Gasteiger partial charge in [0.1, 0.15) is 5.49 Å². The van der Waals surface area contributed by atoms with Crippen LogP contribution in [0.25, 0.3) is 0 Å². The number of carbonyl (C=O) groups excluding carboxylic acids is 2. The van der Waals surface area contributed by atoms with Crippen molar-refractivity contribution in [3.05, 3.63) is 95.1 Å². The summed E-state index contributed by atoms with van der Waals surface area (Å²) in [5, 5.41) is 0. The zero-order valence-corrected chi connectivity index (χ0v) is 17.1. The van der Waals surface area contributed by atoms with Gasteiger partial charge in [-0.1, -0.05) is 48.0 Å². The summed E-state index contributed by atoms with van der Waals surface area (Å²) in [7, 11) is 0. The number of amides is 2. The lowest BCUT2D eigenvalue weighted by Gasteiger charge is -2.15. The zero-order chi connectivity index (χ0) is 20.9. The molecule has 1 aliphatic rings. The molecular formula is C25H25N3O2. The number of aromatic nitrogens is 1. The molecule has 0 radical (unpaired) electrons. The first kappa shape index (κ1) is 19.8. The van der Waals surface area contributed by atoms with Gasteiger partial charge in [0.25, 0.3) is 5.91 Å². The van der Waals surface area contributed by atoms with Crippen molar-refractivity contribution in [1.82, 2.24) is 4.57 Å². The van der Waals surface area contributed by atoms with Crippen LogP contribution in [0.15, 0.2) is 77.9 Å². The van der Waals surface area contributed by atoms with E-state index in [1.165, 1.54) is 5.56 Å². The second-order valence-electron chi connectivity index (χ2n) is 7.67. The van der Waals surface area contributed by atoms with Crippen molar-refractivity contribution in [2.75, 3.05) is 11.4 Å². The van der Waals surface area contributed by atoms with Crippen LogP contribution in [0.3, 0.4) is 0 Å². The van der Waals surface area contributed by atoms with E-state index in [2.05, 4.69) is 36.2 Å². The number of hydrogen-bond donors (Lipinski definition) is 0. The van der Waals surface area contributed by atoms with Gasteiger partial charge in [0.2, 0.25) is 5.91 Å². The van der Waals surface area contributed by atoms with Gasteiger partial charge in [0, 0.05) is 31.4 Å². The predicted octanol–water partition coefficient (Wildman–Crippen LogP) is 3.64. The van der Waals surface area contributed by atoms with Crippen molar-refractivity contribution in [1.29, 1.82) is 0 Å². The Balaban J connectivity index is 1.48. The van der Waals surface area contributed by atoms with Gasteiger partial charge in [-0.15, -0.1) is 0 Å². The van der Waals surface area contributed by atoms with E-state index in [0.717, 1.165) is 29.8 Å². The van der Waals surface area contributed by atoms with Crippen LogP contribution in [0.2, 0.25) is 0 Å². The number of aryl methyl sites for hydroxylation is 1. The van der Waals surface area contributed by atoms with Gasteiger partial charge in [-0.25, -0.2) is 0 Å².